The molecule has 0 unspecified atom stereocenters. The van der Waals surface area contributed by atoms with Crippen molar-refractivity contribution in [2.45, 2.75) is 36.7 Å². The Morgan fingerprint density at radius 1 is 1.38 bits per heavy atom. The fraction of sp³-hybridized carbons (Fsp3) is 0.267. The van der Waals surface area contributed by atoms with E-state index in [2.05, 4.69) is 9.97 Å². The molecular formula is C15H15ClN2O2S. The highest BCUT2D eigenvalue weighted by atomic mass is 35.5. The molecule has 0 saturated heterocycles. The number of aromatic nitrogens is 2. The fourth-order valence-electron chi connectivity index (χ4n) is 1.87. The molecule has 0 aliphatic rings. The minimum atomic E-state index is -0.164. The van der Waals surface area contributed by atoms with E-state index in [9.17, 15) is 9.59 Å². The Morgan fingerprint density at radius 3 is 2.76 bits per heavy atom. The largest absolute Gasteiger partial charge is 0.301 e. The average molecular weight is 323 g/mol. The quantitative estimate of drug-likeness (QED) is 0.673. The Labute approximate surface area is 132 Å². The van der Waals surface area contributed by atoms with Crippen molar-refractivity contribution in [2.24, 2.45) is 0 Å². The summed E-state index contributed by atoms with van der Waals surface area (Å²) in [5.41, 5.74) is 1.10. The van der Waals surface area contributed by atoms with Crippen LogP contribution in [0.25, 0.3) is 0 Å². The number of benzene rings is 1. The van der Waals surface area contributed by atoms with Gasteiger partial charge in [0.1, 0.15) is 0 Å². The molecule has 0 aliphatic carbocycles. The minimum absolute atomic E-state index is 0.0759. The van der Waals surface area contributed by atoms with E-state index in [1.807, 2.05) is 6.92 Å². The Balaban J connectivity index is 2.28. The van der Waals surface area contributed by atoms with Crippen LogP contribution in [0.1, 0.15) is 36.3 Å². The summed E-state index contributed by atoms with van der Waals surface area (Å²) >= 11 is 7.39. The predicted octanol–water partition coefficient (Wildman–Crippen LogP) is 3.73. The van der Waals surface area contributed by atoms with Crippen molar-refractivity contribution >= 4 is 29.1 Å². The number of aryl methyl sites for hydroxylation is 1. The monoisotopic (exact) mass is 322 g/mol. The van der Waals surface area contributed by atoms with Gasteiger partial charge < -0.3 is 4.98 Å². The third kappa shape index (κ3) is 4.19. The van der Waals surface area contributed by atoms with E-state index in [1.54, 1.807) is 18.2 Å². The van der Waals surface area contributed by atoms with Gasteiger partial charge in [-0.1, -0.05) is 36.7 Å². The molecule has 110 valence electrons. The van der Waals surface area contributed by atoms with Gasteiger partial charge in [0, 0.05) is 22.2 Å². The maximum absolute atomic E-state index is 11.6. The first kappa shape index (κ1) is 15.8. The Bertz CT molecular complexity index is 728. The van der Waals surface area contributed by atoms with Crippen molar-refractivity contribution in [1.82, 2.24) is 9.97 Å². The zero-order valence-electron chi connectivity index (χ0n) is 11.8. The summed E-state index contributed by atoms with van der Waals surface area (Å²) in [7, 11) is 0. The molecule has 4 nitrogen and oxygen atoms in total. The first-order chi connectivity index (χ1) is 9.99. The summed E-state index contributed by atoms with van der Waals surface area (Å²) in [6.45, 7) is 3.51. The number of nitrogens with one attached hydrogen (secondary N) is 1. The van der Waals surface area contributed by atoms with E-state index in [1.165, 1.54) is 24.8 Å². The molecule has 6 heteroatoms. The standard InChI is InChI=1S/C15H15ClN2O2S/c1-3-4-10-7-14(20)18-15(17-10)21-11-5-6-12(9(2)19)13(16)8-11/h5-8H,3-4H2,1-2H3,(H,17,18,20). The minimum Gasteiger partial charge on any atom is -0.301 e. The lowest BCUT2D eigenvalue weighted by Crippen LogP contribution is -2.09. The van der Waals surface area contributed by atoms with Gasteiger partial charge in [0.25, 0.3) is 5.56 Å². The van der Waals surface area contributed by atoms with Crippen LogP contribution in [-0.2, 0) is 6.42 Å². The lowest BCUT2D eigenvalue weighted by Gasteiger charge is -2.05. The summed E-state index contributed by atoms with van der Waals surface area (Å²) in [5.74, 6) is -0.0759. The Hall–Kier alpha value is -1.59. The number of carbonyl (C=O) groups excluding carboxylic acids is 1. The summed E-state index contributed by atoms with van der Waals surface area (Å²) in [4.78, 5) is 30.9. The maximum Gasteiger partial charge on any atom is 0.251 e. The van der Waals surface area contributed by atoms with Crippen molar-refractivity contribution in [3.05, 3.63) is 50.9 Å². The molecule has 1 N–H and O–H groups in total. The van der Waals surface area contributed by atoms with E-state index in [0.29, 0.717) is 15.7 Å². The molecule has 2 aromatic rings. The lowest BCUT2D eigenvalue weighted by molar-refractivity contribution is 0.101. The number of ketones is 1. The van der Waals surface area contributed by atoms with Crippen LogP contribution in [0.4, 0.5) is 0 Å². The Morgan fingerprint density at radius 2 is 2.14 bits per heavy atom. The third-order valence-electron chi connectivity index (χ3n) is 2.81. The number of nitrogens with zero attached hydrogens (tertiary/aromatic N) is 1. The molecule has 0 bridgehead atoms. The first-order valence-corrected chi connectivity index (χ1v) is 7.77. The maximum atomic E-state index is 11.6. The van der Waals surface area contributed by atoms with Gasteiger partial charge >= 0.3 is 0 Å². The average Bonchev–Trinajstić information content (AvgIpc) is 2.37. The van der Waals surface area contributed by atoms with Crippen molar-refractivity contribution in [1.29, 1.82) is 0 Å². The van der Waals surface area contributed by atoms with E-state index in [4.69, 9.17) is 11.6 Å². The van der Waals surface area contributed by atoms with Crippen LogP contribution in [0.15, 0.2) is 39.1 Å². The van der Waals surface area contributed by atoms with Crippen LogP contribution < -0.4 is 5.56 Å². The lowest BCUT2D eigenvalue weighted by atomic mass is 10.1. The molecular weight excluding hydrogens is 308 g/mol. The van der Waals surface area contributed by atoms with Crippen molar-refractivity contribution in [2.75, 3.05) is 0 Å². The molecule has 0 amide bonds. The molecule has 1 aromatic heterocycles. The smallest absolute Gasteiger partial charge is 0.251 e. The van der Waals surface area contributed by atoms with Crippen LogP contribution in [0.5, 0.6) is 0 Å². The van der Waals surface area contributed by atoms with E-state index < -0.39 is 0 Å². The molecule has 0 atom stereocenters. The molecule has 0 radical (unpaired) electrons. The number of Topliss-reactive ketones (excluding diaryl/α,β-unsaturated/α-hetero) is 1. The number of halogens is 1. The second-order valence-electron chi connectivity index (χ2n) is 4.59. The van der Waals surface area contributed by atoms with Crippen LogP contribution in [0.2, 0.25) is 5.02 Å². The fourth-order valence-corrected chi connectivity index (χ4v) is 3.10. The summed E-state index contributed by atoms with van der Waals surface area (Å²) in [6.07, 6.45) is 1.70. The topological polar surface area (TPSA) is 62.8 Å². The second-order valence-corrected chi connectivity index (χ2v) is 6.06. The number of carbonyl (C=O) groups is 1. The van der Waals surface area contributed by atoms with E-state index in [0.717, 1.165) is 23.4 Å². The van der Waals surface area contributed by atoms with Gasteiger partial charge in [-0.25, -0.2) is 4.98 Å². The van der Waals surface area contributed by atoms with Crippen molar-refractivity contribution < 1.29 is 4.79 Å². The van der Waals surface area contributed by atoms with Gasteiger partial charge in [-0.15, -0.1) is 0 Å². The van der Waals surface area contributed by atoms with Crippen LogP contribution in [0, 0.1) is 0 Å². The van der Waals surface area contributed by atoms with Crippen LogP contribution in [-0.4, -0.2) is 15.8 Å². The second kappa shape index (κ2) is 6.91. The molecule has 0 saturated carbocycles. The highest BCUT2D eigenvalue weighted by molar-refractivity contribution is 7.99. The zero-order chi connectivity index (χ0) is 15.4. The predicted molar refractivity (Wildman–Crippen MR) is 84.4 cm³/mol. The first-order valence-electron chi connectivity index (χ1n) is 6.58. The number of aromatic amines is 1. The normalized spacial score (nSPS) is 10.6. The van der Waals surface area contributed by atoms with Gasteiger partial charge in [0.15, 0.2) is 10.9 Å². The van der Waals surface area contributed by atoms with E-state index >= 15 is 0 Å². The zero-order valence-corrected chi connectivity index (χ0v) is 13.3. The molecule has 0 aliphatic heterocycles. The number of rotatable bonds is 5. The molecule has 2 rings (SSSR count). The van der Waals surface area contributed by atoms with E-state index in [-0.39, 0.29) is 11.3 Å². The van der Waals surface area contributed by atoms with Crippen LogP contribution >= 0.6 is 23.4 Å². The molecule has 21 heavy (non-hydrogen) atoms. The van der Waals surface area contributed by atoms with Crippen molar-refractivity contribution in [3.63, 3.8) is 0 Å². The van der Waals surface area contributed by atoms with Gasteiger partial charge in [-0.05, 0) is 31.5 Å². The molecule has 1 aromatic carbocycles. The summed E-state index contributed by atoms with van der Waals surface area (Å²) in [5, 5.41) is 0.928. The highest BCUT2D eigenvalue weighted by Gasteiger charge is 2.08. The van der Waals surface area contributed by atoms with Crippen LogP contribution in [0.3, 0.4) is 0 Å². The summed E-state index contributed by atoms with van der Waals surface area (Å²) in [6, 6.07) is 6.69. The highest BCUT2D eigenvalue weighted by Crippen LogP contribution is 2.28. The van der Waals surface area contributed by atoms with Gasteiger partial charge in [0.05, 0.1) is 5.02 Å². The van der Waals surface area contributed by atoms with Gasteiger partial charge in [0.2, 0.25) is 0 Å². The third-order valence-corrected chi connectivity index (χ3v) is 4.00. The molecule has 0 spiro atoms. The van der Waals surface area contributed by atoms with Gasteiger partial charge in [-0.2, -0.15) is 0 Å². The number of hydrogen-bond donors (Lipinski definition) is 1. The SMILES string of the molecule is CCCc1cc(=O)[nH]c(Sc2ccc(C(C)=O)c(Cl)c2)n1. The molecule has 1 heterocycles. The van der Waals surface area contributed by atoms with Crippen molar-refractivity contribution in [3.8, 4) is 0 Å². The Kier molecular flexibility index (Phi) is 5.20. The number of hydrogen-bond acceptors (Lipinski definition) is 4. The number of H-pyrrole nitrogens is 1. The molecule has 0 fully saturated rings. The summed E-state index contributed by atoms with van der Waals surface area (Å²) < 4.78 is 0. The van der Waals surface area contributed by atoms with Gasteiger partial charge in [-0.3, -0.25) is 9.59 Å².